The maximum Gasteiger partial charge on any atom is 0.294 e. The first-order chi connectivity index (χ1) is 15.9. The number of anilines is 2. The van der Waals surface area contributed by atoms with Crippen LogP contribution < -0.4 is 10.6 Å². The van der Waals surface area contributed by atoms with Gasteiger partial charge < -0.3 is 10.6 Å². The van der Waals surface area contributed by atoms with Gasteiger partial charge >= 0.3 is 0 Å². The lowest BCUT2D eigenvalue weighted by molar-refractivity contribution is -0.118. The molecule has 10 heteroatoms. The molecule has 9 nitrogen and oxygen atoms in total. The van der Waals surface area contributed by atoms with Gasteiger partial charge in [-0.05, 0) is 69.3 Å². The number of likely N-dealkylation sites (tertiary alicyclic amines) is 1. The number of rotatable bonds is 5. The van der Waals surface area contributed by atoms with Gasteiger partial charge in [0.2, 0.25) is 11.7 Å². The largest absolute Gasteiger partial charge is 0.324 e. The van der Waals surface area contributed by atoms with E-state index >= 15 is 0 Å². The van der Waals surface area contributed by atoms with Crippen LogP contribution in [-0.4, -0.2) is 55.9 Å². The molecule has 0 aromatic carbocycles. The molecule has 0 bridgehead atoms. The van der Waals surface area contributed by atoms with E-state index in [-0.39, 0.29) is 11.7 Å². The molecule has 1 aliphatic carbocycles. The number of piperidine rings is 1. The van der Waals surface area contributed by atoms with Gasteiger partial charge in [0.05, 0.1) is 29.8 Å². The zero-order valence-corrected chi connectivity index (χ0v) is 20.1. The molecule has 4 heterocycles. The normalized spacial score (nSPS) is 17.6. The highest BCUT2D eigenvalue weighted by Crippen LogP contribution is 2.48. The predicted molar refractivity (Wildman–Crippen MR) is 128 cm³/mol. The van der Waals surface area contributed by atoms with Gasteiger partial charge in [-0.3, -0.25) is 23.9 Å². The number of pyridine rings is 2. The van der Waals surface area contributed by atoms with Gasteiger partial charge in [0.15, 0.2) is 5.65 Å². The third-order valence-corrected chi connectivity index (χ3v) is 7.39. The van der Waals surface area contributed by atoms with Crippen molar-refractivity contribution >= 4 is 44.8 Å². The Kier molecular flexibility index (Phi) is 5.88. The Morgan fingerprint density at radius 3 is 2.64 bits per heavy atom. The smallest absolute Gasteiger partial charge is 0.294 e. The molecule has 1 aliphatic heterocycles. The highest BCUT2D eigenvalue weighted by molar-refractivity contribution is 9.10. The van der Waals surface area contributed by atoms with Gasteiger partial charge in [0.25, 0.3) is 5.91 Å². The zero-order chi connectivity index (χ0) is 23.0. The first-order valence-electron chi connectivity index (χ1n) is 11.2. The highest BCUT2D eigenvalue weighted by atomic mass is 79.9. The van der Waals surface area contributed by atoms with E-state index in [4.69, 9.17) is 0 Å². The second kappa shape index (κ2) is 8.83. The fourth-order valence-electron chi connectivity index (χ4n) is 4.69. The van der Waals surface area contributed by atoms with E-state index in [1.165, 1.54) is 32.1 Å². The van der Waals surface area contributed by atoms with E-state index in [0.29, 0.717) is 34.7 Å². The average Bonchev–Trinajstić information content (AvgIpc) is 3.18. The van der Waals surface area contributed by atoms with Crippen molar-refractivity contribution in [2.24, 2.45) is 5.41 Å². The number of fused-ring (bicyclic) bond motifs is 1. The summed E-state index contributed by atoms with van der Waals surface area (Å²) in [6.45, 7) is 4.12. The van der Waals surface area contributed by atoms with Crippen LogP contribution in [0.1, 0.15) is 48.4 Å². The molecular formula is C23H26BrN7O2. The van der Waals surface area contributed by atoms with Gasteiger partial charge in [0, 0.05) is 10.7 Å². The molecule has 1 saturated carbocycles. The molecule has 2 amide bonds. The summed E-state index contributed by atoms with van der Waals surface area (Å²) in [4.78, 5) is 32.0. The summed E-state index contributed by atoms with van der Waals surface area (Å²) in [6, 6.07) is 5.31. The van der Waals surface area contributed by atoms with Crippen LogP contribution >= 0.6 is 15.9 Å². The molecule has 5 rings (SSSR count). The Labute approximate surface area is 200 Å². The number of nitrogens with zero attached hydrogens (tertiary/aromatic N) is 5. The number of amides is 2. The van der Waals surface area contributed by atoms with Crippen molar-refractivity contribution in [3.8, 4) is 0 Å². The highest BCUT2D eigenvalue weighted by Gasteiger charge is 2.39. The predicted octanol–water partition coefficient (Wildman–Crippen LogP) is 3.65. The van der Waals surface area contributed by atoms with Crippen molar-refractivity contribution in [2.75, 3.05) is 30.3 Å². The number of aromatic nitrogens is 4. The van der Waals surface area contributed by atoms with Crippen LogP contribution in [0.25, 0.3) is 5.65 Å². The van der Waals surface area contributed by atoms with Crippen molar-refractivity contribution in [2.45, 2.75) is 39.0 Å². The number of aryl methyl sites for hydroxylation is 1. The summed E-state index contributed by atoms with van der Waals surface area (Å²) < 4.78 is 2.46. The van der Waals surface area contributed by atoms with Crippen molar-refractivity contribution in [1.29, 1.82) is 0 Å². The Morgan fingerprint density at radius 2 is 1.91 bits per heavy atom. The number of carbonyl (C=O) groups is 2. The molecule has 2 aliphatic rings. The SMILES string of the molecule is Cc1ncc(NC(=O)CN2CCC3(CCC3)CC2)cc1NC(=O)c1nnc2cc(Br)ccn12. The summed E-state index contributed by atoms with van der Waals surface area (Å²) >= 11 is 3.38. The minimum atomic E-state index is -0.406. The van der Waals surface area contributed by atoms with Crippen molar-refractivity contribution < 1.29 is 9.59 Å². The second-order valence-electron chi connectivity index (χ2n) is 9.09. The summed E-state index contributed by atoms with van der Waals surface area (Å²) in [5.41, 5.74) is 2.82. The maximum absolute atomic E-state index is 12.8. The number of hydrogen-bond acceptors (Lipinski definition) is 6. The molecule has 172 valence electrons. The lowest BCUT2D eigenvalue weighted by Gasteiger charge is -2.47. The van der Waals surface area contributed by atoms with Gasteiger partial charge in [0.1, 0.15) is 0 Å². The number of hydrogen-bond donors (Lipinski definition) is 2. The van der Waals surface area contributed by atoms with Crippen LogP contribution in [-0.2, 0) is 4.79 Å². The zero-order valence-electron chi connectivity index (χ0n) is 18.5. The Balaban J connectivity index is 1.22. The van der Waals surface area contributed by atoms with E-state index < -0.39 is 5.91 Å². The second-order valence-corrected chi connectivity index (χ2v) is 10.0. The lowest BCUT2D eigenvalue weighted by Crippen LogP contribution is -2.45. The maximum atomic E-state index is 12.8. The van der Waals surface area contributed by atoms with Crippen LogP contribution in [0.3, 0.4) is 0 Å². The topological polar surface area (TPSA) is 105 Å². The Morgan fingerprint density at radius 1 is 1.12 bits per heavy atom. The first kappa shape index (κ1) is 22.0. The minimum absolute atomic E-state index is 0.0727. The Hall–Kier alpha value is -2.85. The van der Waals surface area contributed by atoms with Gasteiger partial charge in [-0.15, -0.1) is 10.2 Å². The third kappa shape index (κ3) is 4.63. The van der Waals surface area contributed by atoms with E-state index in [2.05, 4.69) is 46.6 Å². The average molecular weight is 512 g/mol. The summed E-state index contributed by atoms with van der Waals surface area (Å²) in [6.07, 6.45) is 9.76. The molecule has 3 aromatic rings. The van der Waals surface area contributed by atoms with Crippen LogP contribution in [0.4, 0.5) is 11.4 Å². The number of nitrogens with one attached hydrogen (secondary N) is 2. The van der Waals surface area contributed by atoms with Crippen molar-refractivity contribution in [3.63, 3.8) is 0 Å². The summed E-state index contributed by atoms with van der Waals surface area (Å²) in [7, 11) is 0. The molecule has 2 fully saturated rings. The quantitative estimate of drug-likeness (QED) is 0.541. The third-order valence-electron chi connectivity index (χ3n) is 6.89. The van der Waals surface area contributed by atoms with E-state index in [1.807, 2.05) is 6.07 Å². The minimum Gasteiger partial charge on any atom is -0.324 e. The summed E-state index contributed by atoms with van der Waals surface area (Å²) in [5, 5.41) is 13.8. The van der Waals surface area contributed by atoms with Crippen molar-refractivity contribution in [3.05, 3.63) is 46.6 Å². The molecule has 1 spiro atoms. The fraction of sp³-hybridized carbons (Fsp3) is 0.435. The number of halogens is 1. The fourth-order valence-corrected chi connectivity index (χ4v) is 5.02. The molecule has 0 atom stereocenters. The van der Waals surface area contributed by atoms with E-state index in [0.717, 1.165) is 17.6 Å². The van der Waals surface area contributed by atoms with Crippen LogP contribution in [0.2, 0.25) is 0 Å². The molecule has 0 unspecified atom stereocenters. The van der Waals surface area contributed by atoms with Crippen LogP contribution in [0.5, 0.6) is 0 Å². The van der Waals surface area contributed by atoms with E-state index in [1.54, 1.807) is 35.9 Å². The van der Waals surface area contributed by atoms with Crippen LogP contribution in [0.15, 0.2) is 35.1 Å². The Bertz CT molecular complexity index is 1210. The summed E-state index contributed by atoms with van der Waals surface area (Å²) in [5.74, 6) is -0.311. The lowest BCUT2D eigenvalue weighted by atomic mass is 9.63. The van der Waals surface area contributed by atoms with Gasteiger partial charge in [-0.1, -0.05) is 22.4 Å². The van der Waals surface area contributed by atoms with E-state index in [9.17, 15) is 9.59 Å². The standard InChI is InChI=1S/C23H26BrN7O2/c1-15-18(27-22(33)21-29-28-19-11-16(24)3-8-31(19)21)12-17(13-25-15)26-20(32)14-30-9-6-23(7-10-30)4-2-5-23/h3,8,11-13H,2,4-7,9-10,14H2,1H3,(H,26,32)(H,27,33). The molecule has 3 aromatic heterocycles. The first-order valence-corrected chi connectivity index (χ1v) is 12.0. The van der Waals surface area contributed by atoms with Crippen LogP contribution in [0, 0.1) is 12.3 Å². The monoisotopic (exact) mass is 511 g/mol. The van der Waals surface area contributed by atoms with Gasteiger partial charge in [-0.25, -0.2) is 0 Å². The molecule has 0 radical (unpaired) electrons. The van der Waals surface area contributed by atoms with Gasteiger partial charge in [-0.2, -0.15) is 0 Å². The molecule has 2 N–H and O–H groups in total. The molecule has 1 saturated heterocycles. The molecular weight excluding hydrogens is 486 g/mol. The molecule has 33 heavy (non-hydrogen) atoms. The number of carbonyl (C=O) groups excluding carboxylic acids is 2. The van der Waals surface area contributed by atoms with Crippen molar-refractivity contribution in [1.82, 2.24) is 24.5 Å².